The van der Waals surface area contributed by atoms with Gasteiger partial charge in [-0.2, -0.15) is 13.2 Å². The summed E-state index contributed by atoms with van der Waals surface area (Å²) in [4.78, 5) is 15.9. The van der Waals surface area contributed by atoms with Crippen LogP contribution >= 0.6 is 11.8 Å². The average molecular weight is 331 g/mol. The van der Waals surface area contributed by atoms with Gasteiger partial charge in [0.2, 0.25) is 0 Å². The first kappa shape index (κ1) is 16.3. The van der Waals surface area contributed by atoms with Gasteiger partial charge in [-0.05, 0) is 19.1 Å². The highest BCUT2D eigenvalue weighted by Gasteiger charge is 2.28. The van der Waals surface area contributed by atoms with Crippen LogP contribution in [-0.4, -0.2) is 28.8 Å². The van der Waals surface area contributed by atoms with Crippen molar-refractivity contribution in [3.05, 3.63) is 41.4 Å². The number of alkyl halides is 3. The van der Waals surface area contributed by atoms with Gasteiger partial charge in [0.1, 0.15) is 17.3 Å². The van der Waals surface area contributed by atoms with Crippen molar-refractivity contribution in [2.75, 3.05) is 6.54 Å². The molecule has 0 aliphatic heterocycles. The first-order valence-electron chi connectivity index (χ1n) is 6.20. The van der Waals surface area contributed by atoms with Gasteiger partial charge in [0, 0.05) is 18.0 Å². The first-order valence-corrected chi connectivity index (χ1v) is 7.18. The Morgan fingerprint density at radius 2 is 2.23 bits per heavy atom. The summed E-state index contributed by atoms with van der Waals surface area (Å²) < 4.78 is 41.4. The molecule has 0 unspecified atom stereocenters. The van der Waals surface area contributed by atoms with Crippen molar-refractivity contribution < 1.29 is 22.5 Å². The Kier molecular flexibility index (Phi) is 5.07. The fourth-order valence-electron chi connectivity index (χ4n) is 1.58. The molecule has 1 N–H and O–H groups in total. The molecule has 0 aliphatic carbocycles. The number of aryl methyl sites for hydroxylation is 1. The van der Waals surface area contributed by atoms with Gasteiger partial charge >= 0.3 is 6.18 Å². The Bertz CT molecular complexity index is 658. The summed E-state index contributed by atoms with van der Waals surface area (Å²) in [7, 11) is 0. The lowest BCUT2D eigenvalue weighted by Crippen LogP contribution is -2.34. The van der Waals surface area contributed by atoms with E-state index in [1.165, 1.54) is 30.1 Å². The van der Waals surface area contributed by atoms with Crippen LogP contribution in [0.2, 0.25) is 0 Å². The van der Waals surface area contributed by atoms with Crippen molar-refractivity contribution in [3.63, 3.8) is 0 Å². The Morgan fingerprint density at radius 1 is 1.45 bits per heavy atom. The number of carbonyl (C=O) groups excluding carboxylic acids is 1. The molecule has 0 atom stereocenters. The number of carbonyl (C=O) groups is 1. The van der Waals surface area contributed by atoms with Crippen molar-refractivity contribution in [2.24, 2.45) is 0 Å². The van der Waals surface area contributed by atoms with Crippen LogP contribution in [0.25, 0.3) is 0 Å². The van der Waals surface area contributed by atoms with E-state index in [1.54, 1.807) is 13.0 Å². The Hall–Kier alpha value is -2.03. The van der Waals surface area contributed by atoms with E-state index in [-0.39, 0.29) is 5.56 Å². The normalized spacial score (nSPS) is 11.5. The number of nitrogens with one attached hydrogen (secondary N) is 1. The number of aromatic nitrogens is 2. The highest BCUT2D eigenvalue weighted by molar-refractivity contribution is 7.98. The molecular weight excluding hydrogens is 319 g/mol. The third-order valence-electron chi connectivity index (χ3n) is 2.50. The summed E-state index contributed by atoms with van der Waals surface area (Å²) in [6.07, 6.45) is -2.99. The Labute approximate surface area is 128 Å². The predicted molar refractivity (Wildman–Crippen MR) is 73.4 cm³/mol. The molecule has 0 radical (unpaired) electrons. The maximum atomic E-state index is 12.1. The van der Waals surface area contributed by atoms with Gasteiger partial charge in [0.25, 0.3) is 5.91 Å². The molecule has 1 amide bonds. The smallest absolute Gasteiger partial charge is 0.361 e. The highest BCUT2D eigenvalue weighted by atomic mass is 32.2. The monoisotopic (exact) mass is 331 g/mol. The van der Waals surface area contributed by atoms with Gasteiger partial charge in [-0.25, -0.2) is 4.98 Å². The molecule has 0 fully saturated rings. The van der Waals surface area contributed by atoms with Gasteiger partial charge in [-0.1, -0.05) is 16.9 Å². The zero-order chi connectivity index (χ0) is 16.2. The molecular formula is C13H12F3N3O2S. The van der Waals surface area contributed by atoms with Crippen molar-refractivity contribution in [2.45, 2.75) is 23.9 Å². The molecule has 0 aliphatic rings. The van der Waals surface area contributed by atoms with Crippen LogP contribution in [-0.2, 0) is 5.75 Å². The number of nitrogens with zero attached hydrogens (tertiary/aromatic N) is 2. The third-order valence-corrected chi connectivity index (χ3v) is 3.54. The second kappa shape index (κ2) is 6.82. The lowest BCUT2D eigenvalue weighted by atomic mass is 10.2. The molecule has 2 aromatic heterocycles. The summed E-state index contributed by atoms with van der Waals surface area (Å²) in [6.45, 7) is 0.366. The maximum absolute atomic E-state index is 12.1. The average Bonchev–Trinajstić information content (AvgIpc) is 2.88. The minimum absolute atomic E-state index is 0.0944. The molecule has 2 heterocycles. The highest BCUT2D eigenvalue weighted by Crippen LogP contribution is 2.24. The molecule has 0 spiro atoms. The Balaban J connectivity index is 2.04. The zero-order valence-corrected chi connectivity index (χ0v) is 12.3. The largest absolute Gasteiger partial charge is 0.405 e. The van der Waals surface area contributed by atoms with Gasteiger partial charge in [-0.3, -0.25) is 4.79 Å². The van der Waals surface area contributed by atoms with E-state index in [0.29, 0.717) is 22.2 Å². The number of amides is 1. The third kappa shape index (κ3) is 4.76. The molecule has 0 bridgehead atoms. The molecule has 0 aromatic carbocycles. The fraction of sp³-hybridized carbons (Fsp3) is 0.308. The van der Waals surface area contributed by atoms with Gasteiger partial charge in [-0.15, -0.1) is 0 Å². The van der Waals surface area contributed by atoms with E-state index in [2.05, 4.69) is 10.1 Å². The summed E-state index contributed by atoms with van der Waals surface area (Å²) in [6, 6.07) is 4.65. The number of halogens is 3. The quantitative estimate of drug-likeness (QED) is 0.853. The van der Waals surface area contributed by atoms with Crippen LogP contribution < -0.4 is 5.32 Å². The summed E-state index contributed by atoms with van der Waals surface area (Å²) >= 11 is 1.20. The van der Waals surface area contributed by atoms with Crippen molar-refractivity contribution >= 4 is 17.7 Å². The van der Waals surface area contributed by atoms with Crippen LogP contribution in [0.3, 0.4) is 0 Å². The molecule has 0 saturated heterocycles. The van der Waals surface area contributed by atoms with Crippen LogP contribution in [0.4, 0.5) is 13.2 Å². The van der Waals surface area contributed by atoms with Crippen molar-refractivity contribution in [3.8, 4) is 0 Å². The molecule has 118 valence electrons. The maximum Gasteiger partial charge on any atom is 0.405 e. The van der Waals surface area contributed by atoms with Gasteiger partial charge in [0.05, 0.1) is 11.3 Å². The van der Waals surface area contributed by atoms with Crippen LogP contribution in [0.15, 0.2) is 33.9 Å². The predicted octanol–water partition coefficient (Wildman–Crippen LogP) is 2.96. The molecule has 2 aromatic rings. The van der Waals surface area contributed by atoms with Crippen LogP contribution in [0.1, 0.15) is 21.8 Å². The Morgan fingerprint density at radius 3 is 2.86 bits per heavy atom. The minimum atomic E-state index is -4.45. The molecule has 9 heteroatoms. The molecule has 22 heavy (non-hydrogen) atoms. The SMILES string of the molecule is Cc1cc(CSc2ncccc2C(=O)NCC(F)(F)F)no1. The number of thioether (sulfide) groups is 1. The summed E-state index contributed by atoms with van der Waals surface area (Å²) in [5.41, 5.74) is 0.756. The van der Waals surface area contributed by atoms with Crippen molar-refractivity contribution in [1.29, 1.82) is 0 Å². The van der Waals surface area contributed by atoms with E-state index in [0.717, 1.165) is 0 Å². The van der Waals surface area contributed by atoms with Gasteiger partial charge < -0.3 is 9.84 Å². The number of hydrogen-bond donors (Lipinski definition) is 1. The second-order valence-corrected chi connectivity index (χ2v) is 5.34. The standard InChI is InChI=1S/C13H12F3N3O2S/c1-8-5-9(19-21-8)6-22-12-10(3-2-4-17-12)11(20)18-7-13(14,15)16/h2-5H,6-7H2,1H3,(H,18,20). The first-order chi connectivity index (χ1) is 10.3. The minimum Gasteiger partial charge on any atom is -0.361 e. The van der Waals surface area contributed by atoms with E-state index >= 15 is 0 Å². The topological polar surface area (TPSA) is 68.0 Å². The van der Waals surface area contributed by atoms with Gasteiger partial charge in [0.15, 0.2) is 0 Å². The fourth-order valence-corrected chi connectivity index (χ4v) is 2.45. The summed E-state index contributed by atoms with van der Waals surface area (Å²) in [5.74, 6) is 0.234. The number of pyridine rings is 1. The molecule has 0 saturated carbocycles. The van der Waals surface area contributed by atoms with Crippen LogP contribution in [0, 0.1) is 6.92 Å². The van der Waals surface area contributed by atoms with E-state index in [9.17, 15) is 18.0 Å². The molecule has 2 rings (SSSR count). The summed E-state index contributed by atoms with van der Waals surface area (Å²) in [5, 5.41) is 5.97. The number of rotatable bonds is 5. The van der Waals surface area contributed by atoms with Crippen molar-refractivity contribution in [1.82, 2.24) is 15.5 Å². The van der Waals surface area contributed by atoms with E-state index in [1.807, 2.05) is 5.32 Å². The second-order valence-electron chi connectivity index (χ2n) is 4.37. The lowest BCUT2D eigenvalue weighted by molar-refractivity contribution is -0.123. The number of hydrogen-bond acceptors (Lipinski definition) is 5. The molecule has 5 nitrogen and oxygen atoms in total. The van der Waals surface area contributed by atoms with E-state index < -0.39 is 18.6 Å². The zero-order valence-electron chi connectivity index (χ0n) is 11.5. The van der Waals surface area contributed by atoms with Crippen LogP contribution in [0.5, 0.6) is 0 Å². The lowest BCUT2D eigenvalue weighted by Gasteiger charge is -2.10. The van der Waals surface area contributed by atoms with E-state index in [4.69, 9.17) is 4.52 Å².